The standard InChI is InChI=1S/C27H29N2O3P/c1-4-21-18-26-24(25(5-2)28-21)16-17-27(30)29(26)19-20-12-14-23(15-13-20)33(31,32-6-3)22-10-8-7-9-11-22/h7-18H,4-6,19H2,1-3H3. The Balaban J connectivity index is 1.74. The van der Waals surface area contributed by atoms with Crippen LogP contribution < -0.4 is 16.2 Å². The van der Waals surface area contributed by atoms with Crippen LogP contribution in [-0.4, -0.2) is 16.2 Å². The van der Waals surface area contributed by atoms with Crippen molar-refractivity contribution in [3.8, 4) is 0 Å². The Bertz CT molecular complexity index is 1360. The van der Waals surface area contributed by atoms with Gasteiger partial charge in [0.15, 0.2) is 0 Å². The molecule has 0 amide bonds. The van der Waals surface area contributed by atoms with Crippen LogP contribution in [0.25, 0.3) is 10.9 Å². The molecule has 0 spiro atoms. The first-order valence-corrected chi connectivity index (χ1v) is 13.0. The van der Waals surface area contributed by atoms with Gasteiger partial charge in [-0.25, -0.2) is 0 Å². The Morgan fingerprint density at radius 2 is 1.58 bits per heavy atom. The van der Waals surface area contributed by atoms with Crippen LogP contribution in [0.4, 0.5) is 0 Å². The van der Waals surface area contributed by atoms with Gasteiger partial charge in [0, 0.05) is 33.4 Å². The zero-order valence-electron chi connectivity index (χ0n) is 19.3. The molecule has 4 aromatic rings. The van der Waals surface area contributed by atoms with E-state index in [1.54, 1.807) is 10.6 Å². The predicted molar refractivity (Wildman–Crippen MR) is 135 cm³/mol. The van der Waals surface area contributed by atoms with Crippen LogP contribution in [0.3, 0.4) is 0 Å². The van der Waals surface area contributed by atoms with E-state index >= 15 is 0 Å². The maximum atomic E-state index is 13.8. The summed E-state index contributed by atoms with van der Waals surface area (Å²) in [6, 6.07) is 22.4. The highest BCUT2D eigenvalue weighted by atomic mass is 31.2. The minimum Gasteiger partial charge on any atom is -0.322 e. The molecule has 0 bridgehead atoms. The van der Waals surface area contributed by atoms with Gasteiger partial charge in [-0.1, -0.05) is 44.2 Å². The Labute approximate surface area is 194 Å². The maximum Gasteiger partial charge on any atom is 0.261 e. The van der Waals surface area contributed by atoms with Gasteiger partial charge in [0.2, 0.25) is 0 Å². The summed E-state index contributed by atoms with van der Waals surface area (Å²) in [5.41, 5.74) is 3.80. The second-order valence-electron chi connectivity index (χ2n) is 7.93. The molecule has 2 heterocycles. The zero-order chi connectivity index (χ0) is 23.4. The van der Waals surface area contributed by atoms with Gasteiger partial charge in [-0.3, -0.25) is 14.3 Å². The van der Waals surface area contributed by atoms with E-state index < -0.39 is 7.37 Å². The summed E-state index contributed by atoms with van der Waals surface area (Å²) >= 11 is 0. The van der Waals surface area contributed by atoms with Gasteiger partial charge in [-0.15, -0.1) is 0 Å². The first-order chi connectivity index (χ1) is 16.0. The number of hydrogen-bond donors (Lipinski definition) is 0. The lowest BCUT2D eigenvalue weighted by molar-refractivity contribution is 0.348. The lowest BCUT2D eigenvalue weighted by Gasteiger charge is -2.19. The fourth-order valence-electron chi connectivity index (χ4n) is 4.12. The van der Waals surface area contributed by atoms with E-state index in [0.29, 0.717) is 23.8 Å². The van der Waals surface area contributed by atoms with E-state index in [4.69, 9.17) is 9.51 Å². The van der Waals surface area contributed by atoms with Crippen LogP contribution in [0.2, 0.25) is 0 Å². The number of rotatable bonds is 8. The Morgan fingerprint density at radius 3 is 2.21 bits per heavy atom. The second kappa shape index (κ2) is 9.86. The van der Waals surface area contributed by atoms with Gasteiger partial charge in [-0.2, -0.15) is 0 Å². The first-order valence-electron chi connectivity index (χ1n) is 11.4. The molecule has 0 aliphatic rings. The number of hydrogen-bond acceptors (Lipinski definition) is 4. The monoisotopic (exact) mass is 460 g/mol. The van der Waals surface area contributed by atoms with E-state index in [9.17, 15) is 9.36 Å². The van der Waals surface area contributed by atoms with Gasteiger partial charge in [-0.05, 0) is 61.7 Å². The molecule has 0 saturated heterocycles. The molecular weight excluding hydrogens is 431 g/mol. The third-order valence-electron chi connectivity index (χ3n) is 5.84. The van der Waals surface area contributed by atoms with Crippen molar-refractivity contribution in [2.24, 2.45) is 0 Å². The van der Waals surface area contributed by atoms with E-state index in [2.05, 4.69) is 13.8 Å². The molecule has 0 aliphatic heterocycles. The topological polar surface area (TPSA) is 61.2 Å². The molecule has 0 radical (unpaired) electrons. The van der Waals surface area contributed by atoms with E-state index in [-0.39, 0.29) is 5.56 Å². The summed E-state index contributed by atoms with van der Waals surface area (Å²) in [6.07, 6.45) is 1.62. The number of fused-ring (bicyclic) bond motifs is 1. The second-order valence-corrected chi connectivity index (χ2v) is 10.3. The quantitative estimate of drug-likeness (QED) is 0.353. The molecule has 0 saturated carbocycles. The van der Waals surface area contributed by atoms with Crippen molar-refractivity contribution in [1.82, 2.24) is 9.55 Å². The number of benzene rings is 2. The van der Waals surface area contributed by atoms with Crippen molar-refractivity contribution >= 4 is 28.9 Å². The summed E-state index contributed by atoms with van der Waals surface area (Å²) in [4.78, 5) is 17.6. The molecule has 33 heavy (non-hydrogen) atoms. The Hall–Kier alpha value is -3.01. The molecule has 5 nitrogen and oxygen atoms in total. The largest absolute Gasteiger partial charge is 0.322 e. The average Bonchev–Trinajstić information content (AvgIpc) is 2.86. The Morgan fingerprint density at radius 1 is 0.879 bits per heavy atom. The summed E-state index contributed by atoms with van der Waals surface area (Å²) < 4.78 is 21.3. The highest BCUT2D eigenvalue weighted by Crippen LogP contribution is 2.44. The number of aryl methyl sites for hydroxylation is 2. The lowest BCUT2D eigenvalue weighted by atomic mass is 10.1. The summed E-state index contributed by atoms with van der Waals surface area (Å²) in [6.45, 7) is 6.78. The van der Waals surface area contributed by atoms with E-state index in [1.807, 2.05) is 73.7 Å². The highest BCUT2D eigenvalue weighted by Gasteiger charge is 2.27. The van der Waals surface area contributed by atoms with Crippen LogP contribution in [0, 0.1) is 0 Å². The number of nitrogens with zero attached hydrogens (tertiary/aromatic N) is 2. The third kappa shape index (κ3) is 4.57. The van der Waals surface area contributed by atoms with Crippen molar-refractivity contribution in [2.45, 2.75) is 40.2 Å². The fraction of sp³-hybridized carbons (Fsp3) is 0.259. The zero-order valence-corrected chi connectivity index (χ0v) is 20.2. The fourth-order valence-corrected chi connectivity index (χ4v) is 6.18. The van der Waals surface area contributed by atoms with Crippen LogP contribution in [0.1, 0.15) is 37.7 Å². The van der Waals surface area contributed by atoms with E-state index in [1.165, 1.54) is 0 Å². The first kappa shape index (κ1) is 23.2. The van der Waals surface area contributed by atoms with Gasteiger partial charge >= 0.3 is 0 Å². The number of aromatic nitrogens is 2. The maximum absolute atomic E-state index is 13.8. The third-order valence-corrected chi connectivity index (χ3v) is 8.42. The van der Waals surface area contributed by atoms with Crippen LogP contribution >= 0.6 is 7.37 Å². The minimum absolute atomic E-state index is 0.0499. The van der Waals surface area contributed by atoms with Crippen LogP contribution in [-0.2, 0) is 28.5 Å². The molecule has 2 aromatic carbocycles. The molecule has 1 atom stereocenters. The van der Waals surface area contributed by atoms with Gasteiger partial charge in [0.05, 0.1) is 18.7 Å². The minimum atomic E-state index is -3.17. The summed E-state index contributed by atoms with van der Waals surface area (Å²) in [7, 11) is -3.17. The molecular formula is C27H29N2O3P. The van der Waals surface area contributed by atoms with Gasteiger partial charge in [0.1, 0.15) is 0 Å². The van der Waals surface area contributed by atoms with Crippen molar-refractivity contribution in [1.29, 1.82) is 0 Å². The number of pyridine rings is 2. The van der Waals surface area contributed by atoms with Gasteiger partial charge < -0.3 is 9.09 Å². The van der Waals surface area contributed by atoms with Gasteiger partial charge in [0.25, 0.3) is 12.9 Å². The van der Waals surface area contributed by atoms with E-state index in [0.717, 1.165) is 40.7 Å². The molecule has 0 N–H and O–H groups in total. The molecule has 0 fully saturated rings. The van der Waals surface area contributed by atoms with Crippen molar-refractivity contribution < 1.29 is 9.09 Å². The summed E-state index contributed by atoms with van der Waals surface area (Å²) in [5, 5.41) is 2.34. The predicted octanol–water partition coefficient (Wildman–Crippen LogP) is 4.84. The summed E-state index contributed by atoms with van der Waals surface area (Å²) in [5.74, 6) is 0. The average molecular weight is 461 g/mol. The molecule has 4 rings (SSSR count). The lowest BCUT2D eigenvalue weighted by Crippen LogP contribution is -2.21. The molecule has 0 aliphatic carbocycles. The highest BCUT2D eigenvalue weighted by molar-refractivity contribution is 7.74. The molecule has 2 aromatic heterocycles. The van der Waals surface area contributed by atoms with Crippen molar-refractivity contribution in [2.75, 3.05) is 6.61 Å². The SMILES string of the molecule is CCOP(=O)(c1ccccc1)c1ccc(Cn2c(=O)ccc3c(CC)nc(CC)cc32)cc1. The molecule has 170 valence electrons. The molecule has 6 heteroatoms. The Kier molecular flexibility index (Phi) is 6.92. The molecule has 1 unspecified atom stereocenters. The normalized spacial score (nSPS) is 13.2. The van der Waals surface area contributed by atoms with Crippen molar-refractivity contribution in [3.63, 3.8) is 0 Å². The van der Waals surface area contributed by atoms with Crippen LogP contribution in [0.5, 0.6) is 0 Å². The van der Waals surface area contributed by atoms with Crippen LogP contribution in [0.15, 0.2) is 77.6 Å². The van der Waals surface area contributed by atoms with Crippen molar-refractivity contribution in [3.05, 3.63) is 100 Å². The smallest absolute Gasteiger partial charge is 0.261 e.